The molecule has 32 heavy (non-hydrogen) atoms. The quantitative estimate of drug-likeness (QED) is 0.362. The average Bonchev–Trinajstić information content (AvgIpc) is 3.23. The number of fused-ring (bicyclic) bond motifs is 1. The number of aromatic nitrogens is 1. The van der Waals surface area contributed by atoms with Gasteiger partial charge in [-0.15, -0.1) is 0 Å². The first-order valence-corrected chi connectivity index (χ1v) is 10.5. The number of H-pyrrole nitrogens is 1. The smallest absolute Gasteiger partial charge is 0.408 e. The molecule has 0 aliphatic heterocycles. The summed E-state index contributed by atoms with van der Waals surface area (Å²) in [5, 5.41) is 12.9. The molecule has 1 heterocycles. The monoisotopic (exact) mass is 428 g/mol. The van der Waals surface area contributed by atoms with E-state index in [4.69, 9.17) is 4.74 Å². The molecule has 0 fully saturated rings. The molecule has 0 radical (unpaired) electrons. The van der Waals surface area contributed by atoms with Gasteiger partial charge in [0.2, 0.25) is 0 Å². The highest BCUT2D eigenvalue weighted by atomic mass is 16.5. The van der Waals surface area contributed by atoms with Crippen molar-refractivity contribution in [2.75, 3.05) is 0 Å². The van der Waals surface area contributed by atoms with E-state index in [1.54, 1.807) is 0 Å². The van der Waals surface area contributed by atoms with Crippen LogP contribution < -0.4 is 5.32 Å². The van der Waals surface area contributed by atoms with E-state index in [0.29, 0.717) is 6.42 Å². The molecule has 0 saturated heterocycles. The zero-order chi connectivity index (χ0) is 22.3. The predicted molar refractivity (Wildman–Crippen MR) is 123 cm³/mol. The molecule has 1 amide bonds. The van der Waals surface area contributed by atoms with Gasteiger partial charge in [0.05, 0.1) is 5.69 Å². The second-order valence-corrected chi connectivity index (χ2v) is 7.60. The Bertz CT molecular complexity index is 1200. The number of aryl methyl sites for hydroxylation is 1. The van der Waals surface area contributed by atoms with Crippen molar-refractivity contribution in [1.29, 1.82) is 0 Å². The molecule has 0 bridgehead atoms. The molecule has 0 aliphatic rings. The summed E-state index contributed by atoms with van der Waals surface area (Å²) >= 11 is 0. The van der Waals surface area contributed by atoms with Crippen LogP contribution >= 0.6 is 0 Å². The SMILES string of the molecule is O=C(N[C@H](CCc1ccccc1)C(=O)O)OCc1cc2cc(-c3ccccc3)ccc2[nH]1. The molecule has 4 rings (SSSR count). The number of carboxylic acid groups (broad SMARTS) is 1. The number of rotatable bonds is 8. The number of benzene rings is 3. The van der Waals surface area contributed by atoms with Crippen molar-refractivity contribution in [3.63, 3.8) is 0 Å². The van der Waals surface area contributed by atoms with Gasteiger partial charge in [0.15, 0.2) is 0 Å². The Labute approximate surface area is 185 Å². The summed E-state index contributed by atoms with van der Waals surface area (Å²) in [4.78, 5) is 26.9. The average molecular weight is 428 g/mol. The highest BCUT2D eigenvalue weighted by molar-refractivity contribution is 5.86. The van der Waals surface area contributed by atoms with E-state index in [9.17, 15) is 14.7 Å². The van der Waals surface area contributed by atoms with Crippen LogP contribution in [0.15, 0.2) is 84.9 Å². The third-order valence-electron chi connectivity index (χ3n) is 5.30. The summed E-state index contributed by atoms with van der Waals surface area (Å²) in [5.41, 5.74) is 4.92. The van der Waals surface area contributed by atoms with Gasteiger partial charge >= 0.3 is 12.1 Å². The van der Waals surface area contributed by atoms with E-state index < -0.39 is 18.1 Å². The number of aromatic amines is 1. The van der Waals surface area contributed by atoms with Crippen LogP contribution in [0.2, 0.25) is 0 Å². The minimum Gasteiger partial charge on any atom is -0.480 e. The standard InChI is InChI=1S/C26H24N2O4/c29-25(30)24(13-11-18-7-3-1-4-8-18)28-26(31)32-17-22-16-21-15-20(12-14-23(21)27-22)19-9-5-2-6-10-19/h1-10,12,14-16,24,27H,11,13,17H2,(H,28,31)(H,29,30)/t24-/m1/s1. The maximum absolute atomic E-state index is 12.2. The molecule has 162 valence electrons. The maximum atomic E-state index is 12.2. The van der Waals surface area contributed by atoms with Crippen LogP contribution in [0.4, 0.5) is 4.79 Å². The molecule has 3 N–H and O–H groups in total. The fourth-order valence-corrected chi connectivity index (χ4v) is 3.62. The summed E-state index contributed by atoms with van der Waals surface area (Å²) in [7, 11) is 0. The van der Waals surface area contributed by atoms with E-state index in [2.05, 4.69) is 28.5 Å². The lowest BCUT2D eigenvalue weighted by atomic mass is 10.0. The van der Waals surface area contributed by atoms with Crippen molar-refractivity contribution in [3.8, 4) is 11.1 Å². The number of alkyl carbamates (subject to hydrolysis) is 1. The van der Waals surface area contributed by atoms with E-state index in [1.807, 2.05) is 66.7 Å². The van der Waals surface area contributed by atoms with Crippen molar-refractivity contribution in [3.05, 3.63) is 96.2 Å². The number of carbonyl (C=O) groups excluding carboxylic acids is 1. The summed E-state index contributed by atoms with van der Waals surface area (Å²) < 4.78 is 5.26. The minimum absolute atomic E-state index is 0.0200. The normalized spacial score (nSPS) is 11.8. The molecule has 6 nitrogen and oxygen atoms in total. The van der Waals surface area contributed by atoms with Crippen LogP contribution in [0.3, 0.4) is 0 Å². The second-order valence-electron chi connectivity index (χ2n) is 7.60. The van der Waals surface area contributed by atoms with E-state index >= 15 is 0 Å². The molecule has 3 aromatic carbocycles. The Balaban J connectivity index is 1.34. The van der Waals surface area contributed by atoms with Gasteiger partial charge in [0.25, 0.3) is 0 Å². The van der Waals surface area contributed by atoms with Crippen LogP contribution in [0.1, 0.15) is 17.7 Å². The molecule has 6 heteroatoms. The molecule has 0 aliphatic carbocycles. The number of hydrogen-bond acceptors (Lipinski definition) is 3. The third-order valence-corrected chi connectivity index (χ3v) is 5.30. The predicted octanol–water partition coefficient (Wildman–Crippen LogP) is 5.15. The Hall–Kier alpha value is -4.06. The van der Waals surface area contributed by atoms with Gasteiger partial charge in [-0.3, -0.25) is 0 Å². The number of carboxylic acids is 1. The fourth-order valence-electron chi connectivity index (χ4n) is 3.62. The van der Waals surface area contributed by atoms with Crippen LogP contribution in [0.5, 0.6) is 0 Å². The van der Waals surface area contributed by atoms with Crippen molar-refractivity contribution in [1.82, 2.24) is 10.3 Å². The largest absolute Gasteiger partial charge is 0.480 e. The Morgan fingerprint density at radius 1 is 0.906 bits per heavy atom. The number of aliphatic carboxylic acids is 1. The first-order chi connectivity index (χ1) is 15.6. The molecular formula is C26H24N2O4. The number of amides is 1. The number of nitrogens with one attached hydrogen (secondary N) is 2. The molecule has 0 unspecified atom stereocenters. The van der Waals surface area contributed by atoms with Gasteiger partial charge in [-0.25, -0.2) is 9.59 Å². The van der Waals surface area contributed by atoms with Gasteiger partial charge in [-0.1, -0.05) is 66.7 Å². The lowest BCUT2D eigenvalue weighted by Gasteiger charge is -2.14. The first-order valence-electron chi connectivity index (χ1n) is 10.5. The maximum Gasteiger partial charge on any atom is 0.408 e. The first kappa shape index (κ1) is 21.2. The fraction of sp³-hybridized carbons (Fsp3) is 0.154. The highest BCUT2D eigenvalue weighted by Gasteiger charge is 2.20. The Morgan fingerprint density at radius 2 is 1.62 bits per heavy atom. The lowest BCUT2D eigenvalue weighted by molar-refractivity contribution is -0.139. The van der Waals surface area contributed by atoms with E-state index in [1.165, 1.54) is 0 Å². The lowest BCUT2D eigenvalue weighted by Crippen LogP contribution is -2.41. The van der Waals surface area contributed by atoms with Crippen molar-refractivity contribution >= 4 is 23.0 Å². The van der Waals surface area contributed by atoms with Crippen LogP contribution in [0, 0.1) is 0 Å². The van der Waals surface area contributed by atoms with Gasteiger partial charge in [0, 0.05) is 10.9 Å². The summed E-state index contributed by atoms with van der Waals surface area (Å²) in [5.74, 6) is -1.09. The molecule has 0 spiro atoms. The number of ether oxygens (including phenoxy) is 1. The van der Waals surface area contributed by atoms with E-state index in [-0.39, 0.29) is 13.0 Å². The summed E-state index contributed by atoms with van der Waals surface area (Å²) in [6.45, 7) is 0.0200. The van der Waals surface area contributed by atoms with Gasteiger partial charge in [-0.2, -0.15) is 0 Å². The number of carbonyl (C=O) groups is 2. The summed E-state index contributed by atoms with van der Waals surface area (Å²) in [6, 6.07) is 26.7. The van der Waals surface area contributed by atoms with Crippen LogP contribution in [0.25, 0.3) is 22.0 Å². The van der Waals surface area contributed by atoms with Gasteiger partial charge in [0.1, 0.15) is 12.6 Å². The zero-order valence-electron chi connectivity index (χ0n) is 17.5. The van der Waals surface area contributed by atoms with E-state index in [0.717, 1.165) is 33.3 Å². The topological polar surface area (TPSA) is 91.4 Å². The minimum atomic E-state index is -1.09. The molecule has 4 aromatic rings. The van der Waals surface area contributed by atoms with Crippen LogP contribution in [-0.2, 0) is 22.6 Å². The molecular weight excluding hydrogens is 404 g/mol. The highest BCUT2D eigenvalue weighted by Crippen LogP contribution is 2.25. The molecule has 1 aromatic heterocycles. The van der Waals surface area contributed by atoms with Gasteiger partial charge < -0.3 is 20.1 Å². The van der Waals surface area contributed by atoms with Crippen molar-refractivity contribution < 1.29 is 19.4 Å². The zero-order valence-corrected chi connectivity index (χ0v) is 17.5. The number of hydrogen-bond donors (Lipinski definition) is 3. The Morgan fingerprint density at radius 3 is 2.34 bits per heavy atom. The van der Waals surface area contributed by atoms with Crippen molar-refractivity contribution in [2.24, 2.45) is 0 Å². The van der Waals surface area contributed by atoms with Gasteiger partial charge in [-0.05, 0) is 47.7 Å². The van der Waals surface area contributed by atoms with Crippen molar-refractivity contribution in [2.45, 2.75) is 25.5 Å². The summed E-state index contributed by atoms with van der Waals surface area (Å²) in [6.07, 6.45) is 0.0709. The second kappa shape index (κ2) is 9.83. The Kier molecular flexibility index (Phi) is 6.51. The molecule has 1 atom stereocenters. The van der Waals surface area contributed by atoms with Crippen LogP contribution in [-0.4, -0.2) is 28.2 Å². The third kappa shape index (κ3) is 5.35. The molecule has 0 saturated carbocycles.